The second-order valence-electron chi connectivity index (χ2n) is 3.45. The highest BCUT2D eigenvalue weighted by molar-refractivity contribution is 9.11. The van der Waals surface area contributed by atoms with Gasteiger partial charge < -0.3 is 4.98 Å². The smallest absolute Gasteiger partial charge is 0.0609 e. The number of halogens is 2. The summed E-state index contributed by atoms with van der Waals surface area (Å²) >= 11 is 7.14. The number of rotatable bonds is 0. The average Bonchev–Trinajstić information content (AvgIpc) is 2.59. The Morgan fingerprint density at radius 3 is 2.47 bits per heavy atom. The maximum Gasteiger partial charge on any atom is 0.0609 e. The van der Waals surface area contributed by atoms with E-state index in [0.717, 1.165) is 20.0 Å². The van der Waals surface area contributed by atoms with E-state index in [2.05, 4.69) is 61.1 Å². The van der Waals surface area contributed by atoms with Gasteiger partial charge >= 0.3 is 0 Å². The van der Waals surface area contributed by atoms with Gasteiger partial charge in [0.05, 0.1) is 5.52 Å². The third-order valence-electron chi connectivity index (χ3n) is 2.56. The van der Waals surface area contributed by atoms with Gasteiger partial charge in [0, 0.05) is 25.2 Å². The van der Waals surface area contributed by atoms with E-state index in [1.807, 2.05) is 12.1 Å². The Morgan fingerprint density at radius 2 is 1.60 bits per heavy atom. The Bertz CT molecular complexity index is 655. The van der Waals surface area contributed by atoms with Gasteiger partial charge in [0.25, 0.3) is 0 Å². The largest absolute Gasteiger partial charge is 0.354 e. The predicted molar refractivity (Wildman–Crippen MR) is 71.2 cm³/mol. The van der Waals surface area contributed by atoms with Gasteiger partial charge in [-0.15, -0.1) is 0 Å². The van der Waals surface area contributed by atoms with Crippen LogP contribution in [0.1, 0.15) is 0 Å². The van der Waals surface area contributed by atoms with Crippen LogP contribution in [0.4, 0.5) is 0 Å². The summed E-state index contributed by atoms with van der Waals surface area (Å²) in [5, 5.41) is 2.49. The van der Waals surface area contributed by atoms with E-state index in [0.29, 0.717) is 0 Å². The summed E-state index contributed by atoms with van der Waals surface area (Å²) in [7, 11) is 0. The van der Waals surface area contributed by atoms with Crippen molar-refractivity contribution >= 4 is 53.7 Å². The lowest BCUT2D eigenvalue weighted by Gasteiger charge is -1.94. The van der Waals surface area contributed by atoms with E-state index >= 15 is 0 Å². The summed E-state index contributed by atoms with van der Waals surface area (Å²) in [6.07, 6.45) is 0. The third kappa shape index (κ3) is 1.34. The van der Waals surface area contributed by atoms with E-state index < -0.39 is 0 Å². The van der Waals surface area contributed by atoms with Crippen molar-refractivity contribution < 1.29 is 0 Å². The van der Waals surface area contributed by atoms with Crippen molar-refractivity contribution in [2.24, 2.45) is 0 Å². The number of nitrogens with one attached hydrogen (secondary N) is 1. The molecule has 0 fully saturated rings. The second kappa shape index (κ2) is 3.35. The minimum atomic E-state index is 1.10. The fraction of sp³-hybridized carbons (Fsp3) is 0. The number of para-hydroxylation sites is 1. The first-order chi connectivity index (χ1) is 7.27. The van der Waals surface area contributed by atoms with Crippen LogP contribution in [0.5, 0.6) is 0 Å². The molecule has 0 atom stereocenters. The first-order valence-electron chi connectivity index (χ1n) is 4.62. The topological polar surface area (TPSA) is 15.8 Å². The average molecular weight is 325 g/mol. The number of benzene rings is 2. The highest BCUT2D eigenvalue weighted by atomic mass is 79.9. The molecule has 3 rings (SSSR count). The van der Waals surface area contributed by atoms with Crippen molar-refractivity contribution in [3.8, 4) is 0 Å². The fourth-order valence-corrected chi connectivity index (χ4v) is 2.94. The van der Waals surface area contributed by atoms with Gasteiger partial charge in [0.15, 0.2) is 0 Å². The molecule has 1 heterocycles. The molecule has 0 aliphatic rings. The van der Waals surface area contributed by atoms with E-state index in [9.17, 15) is 0 Å². The summed E-state index contributed by atoms with van der Waals surface area (Å²) in [5.41, 5.74) is 2.31. The number of fused-ring (bicyclic) bond motifs is 3. The molecular weight excluding hydrogens is 318 g/mol. The summed E-state index contributed by atoms with van der Waals surface area (Å²) in [6, 6.07) is 12.4. The molecule has 0 bridgehead atoms. The van der Waals surface area contributed by atoms with Crippen LogP contribution in [0.25, 0.3) is 21.8 Å². The van der Waals surface area contributed by atoms with Crippen molar-refractivity contribution in [1.29, 1.82) is 0 Å². The first kappa shape index (κ1) is 9.43. The van der Waals surface area contributed by atoms with Gasteiger partial charge in [0.2, 0.25) is 0 Å². The molecule has 2 aromatic carbocycles. The number of aromatic nitrogens is 1. The summed E-state index contributed by atoms with van der Waals surface area (Å²) in [5.74, 6) is 0. The van der Waals surface area contributed by atoms with E-state index in [-0.39, 0.29) is 0 Å². The highest BCUT2D eigenvalue weighted by Gasteiger charge is 2.08. The van der Waals surface area contributed by atoms with Crippen LogP contribution in [0, 0.1) is 0 Å². The highest BCUT2D eigenvalue weighted by Crippen LogP contribution is 2.34. The van der Waals surface area contributed by atoms with Gasteiger partial charge in [-0.05, 0) is 34.1 Å². The molecule has 0 aliphatic carbocycles. The van der Waals surface area contributed by atoms with Crippen molar-refractivity contribution in [3.05, 3.63) is 45.3 Å². The van der Waals surface area contributed by atoms with Crippen molar-refractivity contribution in [2.45, 2.75) is 0 Å². The Balaban J connectivity index is 2.65. The lowest BCUT2D eigenvalue weighted by atomic mass is 10.2. The van der Waals surface area contributed by atoms with Crippen LogP contribution in [-0.2, 0) is 0 Å². The molecule has 0 radical (unpaired) electrons. The minimum absolute atomic E-state index is 1.10. The van der Waals surface area contributed by atoms with Crippen molar-refractivity contribution in [3.63, 3.8) is 0 Å². The zero-order chi connectivity index (χ0) is 10.4. The van der Waals surface area contributed by atoms with Gasteiger partial charge in [-0.3, -0.25) is 0 Å². The van der Waals surface area contributed by atoms with Crippen LogP contribution >= 0.6 is 31.9 Å². The molecule has 0 saturated carbocycles. The van der Waals surface area contributed by atoms with Gasteiger partial charge in [-0.2, -0.15) is 0 Å². The van der Waals surface area contributed by atoms with Crippen LogP contribution in [0.15, 0.2) is 45.3 Å². The number of hydrogen-bond acceptors (Lipinski definition) is 0. The molecule has 15 heavy (non-hydrogen) atoms. The maximum atomic E-state index is 3.59. The number of hydrogen-bond donors (Lipinski definition) is 1. The van der Waals surface area contributed by atoms with Crippen molar-refractivity contribution in [1.82, 2.24) is 4.98 Å². The third-order valence-corrected chi connectivity index (χ3v) is 3.88. The summed E-state index contributed by atoms with van der Waals surface area (Å²) in [6.45, 7) is 0. The minimum Gasteiger partial charge on any atom is -0.354 e. The van der Waals surface area contributed by atoms with Crippen LogP contribution in [0.2, 0.25) is 0 Å². The van der Waals surface area contributed by atoms with Crippen LogP contribution in [0.3, 0.4) is 0 Å². The molecule has 1 nitrogen and oxygen atoms in total. The Morgan fingerprint density at radius 1 is 0.867 bits per heavy atom. The Kier molecular flexibility index (Phi) is 2.11. The number of aromatic amines is 1. The molecule has 0 spiro atoms. The molecule has 0 saturated heterocycles. The van der Waals surface area contributed by atoms with Gasteiger partial charge in [0.1, 0.15) is 0 Å². The van der Waals surface area contributed by atoms with Crippen LogP contribution < -0.4 is 0 Å². The van der Waals surface area contributed by atoms with Gasteiger partial charge in [-0.25, -0.2) is 0 Å². The maximum absolute atomic E-state index is 3.59. The molecule has 3 heteroatoms. The molecule has 74 valence electrons. The first-order valence-corrected chi connectivity index (χ1v) is 6.20. The molecule has 1 N–H and O–H groups in total. The quantitative estimate of drug-likeness (QED) is 0.608. The van der Waals surface area contributed by atoms with Gasteiger partial charge in [-0.1, -0.05) is 34.1 Å². The molecule has 0 aliphatic heterocycles. The lowest BCUT2D eigenvalue weighted by Crippen LogP contribution is -1.69. The molecule has 3 aromatic rings. The standard InChI is InChI=1S/C12H7Br2N/c13-8-4-2-6-10-11(8)7-3-1-5-9(14)12(7)15-10/h1-6,15H. The zero-order valence-corrected chi connectivity index (χ0v) is 10.9. The fourth-order valence-electron chi connectivity index (χ4n) is 1.90. The van der Waals surface area contributed by atoms with Crippen LogP contribution in [-0.4, -0.2) is 4.98 Å². The molecule has 0 unspecified atom stereocenters. The van der Waals surface area contributed by atoms with Crippen molar-refractivity contribution in [2.75, 3.05) is 0 Å². The monoisotopic (exact) mass is 323 g/mol. The summed E-state index contributed by atoms with van der Waals surface area (Å²) < 4.78 is 2.23. The Hall–Kier alpha value is -0.800. The van der Waals surface area contributed by atoms with E-state index in [1.165, 1.54) is 10.8 Å². The van der Waals surface area contributed by atoms with E-state index in [4.69, 9.17) is 0 Å². The molecule has 1 aromatic heterocycles. The molecular formula is C12H7Br2N. The SMILES string of the molecule is Brc1cccc2c1[nH]c1cccc(Br)c12. The normalized spacial score (nSPS) is 11.3. The van der Waals surface area contributed by atoms with E-state index in [1.54, 1.807) is 0 Å². The lowest BCUT2D eigenvalue weighted by molar-refractivity contribution is 1.53. The Labute approximate surface area is 104 Å². The zero-order valence-electron chi connectivity index (χ0n) is 7.72. The second-order valence-corrected chi connectivity index (χ2v) is 5.16. The number of H-pyrrole nitrogens is 1. The molecule has 0 amide bonds. The summed E-state index contributed by atoms with van der Waals surface area (Å²) in [4.78, 5) is 3.41. The predicted octanol–water partition coefficient (Wildman–Crippen LogP) is 4.85.